The van der Waals surface area contributed by atoms with E-state index in [0.29, 0.717) is 52.4 Å². The molecule has 1 fully saturated rings. The molecule has 188 valence electrons. The minimum Gasteiger partial charge on any atom is -0.480 e. The Morgan fingerprint density at radius 1 is 0.656 bits per heavy atom. The lowest BCUT2D eigenvalue weighted by Gasteiger charge is -2.32. The zero-order valence-corrected chi connectivity index (χ0v) is 19.8. The maximum absolute atomic E-state index is 11.1. The third kappa shape index (κ3) is 18.6. The number of carbonyl (C=O) groups excluding carboxylic acids is 1. The predicted molar refractivity (Wildman–Crippen MR) is 121 cm³/mol. The molecule has 1 aliphatic heterocycles. The van der Waals surface area contributed by atoms with Gasteiger partial charge in [0.25, 0.3) is 0 Å². The van der Waals surface area contributed by atoms with Gasteiger partial charge in [0, 0.05) is 52.4 Å². The number of hydrogen-bond donors (Lipinski definition) is 4. The van der Waals surface area contributed by atoms with Gasteiger partial charge in [0.2, 0.25) is 0 Å². The van der Waals surface area contributed by atoms with Crippen LogP contribution in [-0.4, -0.2) is 152 Å². The van der Waals surface area contributed by atoms with Crippen molar-refractivity contribution < 1.29 is 34.5 Å². The number of hydrogen-bond acceptors (Lipinski definition) is 9. The Labute approximate surface area is 190 Å². The minimum absolute atomic E-state index is 0.166. The Bertz CT molecular complexity index is 504. The molecule has 1 aliphatic rings. The monoisotopic (exact) mass is 463 g/mol. The molecule has 0 aromatic rings. The van der Waals surface area contributed by atoms with E-state index in [1.807, 2.05) is 32.8 Å². The number of rotatable bonds is 8. The normalized spacial score (nSPS) is 17.4. The molecule has 12 nitrogen and oxygen atoms in total. The first-order chi connectivity index (χ1) is 15.2. The lowest BCUT2D eigenvalue weighted by Crippen LogP contribution is -2.48. The molecule has 0 saturated carbocycles. The zero-order chi connectivity index (χ0) is 24.9. The summed E-state index contributed by atoms with van der Waals surface area (Å²) in [5, 5.41) is 30.0. The zero-order valence-electron chi connectivity index (χ0n) is 19.8. The van der Waals surface area contributed by atoms with Crippen molar-refractivity contribution in [1.29, 1.82) is 0 Å². The highest BCUT2D eigenvalue weighted by Crippen LogP contribution is 2.01. The van der Waals surface area contributed by atoms with Gasteiger partial charge in [0.1, 0.15) is 6.29 Å². The van der Waals surface area contributed by atoms with Crippen molar-refractivity contribution in [2.45, 2.75) is 13.8 Å². The predicted octanol–water partition coefficient (Wildman–Crippen LogP) is -1.48. The molecule has 0 unspecified atom stereocenters. The van der Waals surface area contributed by atoms with Gasteiger partial charge in [-0.15, -0.1) is 0 Å². The van der Waals surface area contributed by atoms with Crippen molar-refractivity contribution in [3.63, 3.8) is 0 Å². The highest BCUT2D eigenvalue weighted by atomic mass is 16.4. The largest absolute Gasteiger partial charge is 0.480 e. The van der Waals surface area contributed by atoms with Crippen molar-refractivity contribution >= 4 is 24.2 Å². The Hall–Kier alpha value is -2.12. The fraction of sp³-hybridized carbons (Fsp3) is 0.800. The SMILES string of the molecule is CC.CNC.O=CCN1CCN(CC(=O)O)CCN(CC(=O)O)CCN(CC(=O)O)CC1. The number of nitrogens with zero attached hydrogens (tertiary/aromatic N) is 4. The smallest absolute Gasteiger partial charge is 0.317 e. The molecular formula is C20H41N5O7. The summed E-state index contributed by atoms with van der Waals surface area (Å²) in [6, 6.07) is 0. The summed E-state index contributed by atoms with van der Waals surface area (Å²) in [5.74, 6) is -2.93. The second kappa shape index (κ2) is 20.8. The summed E-state index contributed by atoms with van der Waals surface area (Å²) in [6.45, 7) is 6.87. The van der Waals surface area contributed by atoms with Crippen LogP contribution in [0.3, 0.4) is 0 Å². The van der Waals surface area contributed by atoms with Crippen molar-refractivity contribution in [1.82, 2.24) is 24.9 Å². The highest BCUT2D eigenvalue weighted by Gasteiger charge is 2.19. The van der Waals surface area contributed by atoms with E-state index in [-0.39, 0.29) is 26.2 Å². The molecule has 0 aromatic heterocycles. The fourth-order valence-electron chi connectivity index (χ4n) is 2.91. The van der Waals surface area contributed by atoms with E-state index in [1.54, 1.807) is 14.7 Å². The van der Waals surface area contributed by atoms with Crippen LogP contribution in [0.4, 0.5) is 0 Å². The van der Waals surface area contributed by atoms with Gasteiger partial charge < -0.3 is 25.4 Å². The minimum atomic E-state index is -0.992. The van der Waals surface area contributed by atoms with Crippen LogP contribution >= 0.6 is 0 Å². The Balaban J connectivity index is 0. The van der Waals surface area contributed by atoms with Gasteiger partial charge in [-0.05, 0) is 14.1 Å². The summed E-state index contributed by atoms with van der Waals surface area (Å²) < 4.78 is 0. The van der Waals surface area contributed by atoms with E-state index >= 15 is 0 Å². The standard InChI is InChI=1S/C16H28N4O7.C2H7N.C2H6/c21-10-9-17-1-3-18(11-14(22)23)5-7-20(13-16(26)27)8-6-19(4-2-17)12-15(24)25;1-3-2;1-2/h10H,1-9,11-13H2,(H,22,23)(H,24,25)(H,26,27);3H,1-2H3;1-2H3. The molecular weight excluding hydrogens is 422 g/mol. The van der Waals surface area contributed by atoms with Crippen LogP contribution in [0, 0.1) is 0 Å². The van der Waals surface area contributed by atoms with Gasteiger partial charge in [0.05, 0.1) is 26.2 Å². The molecule has 0 aromatic carbocycles. The highest BCUT2D eigenvalue weighted by molar-refractivity contribution is 5.69. The number of aldehydes is 1. The summed E-state index contributed by atoms with van der Waals surface area (Å²) in [4.78, 5) is 51.1. The molecule has 32 heavy (non-hydrogen) atoms. The van der Waals surface area contributed by atoms with Gasteiger partial charge in [0.15, 0.2) is 0 Å². The summed E-state index contributed by atoms with van der Waals surface area (Å²) >= 11 is 0. The Morgan fingerprint density at radius 2 is 0.875 bits per heavy atom. The lowest BCUT2D eigenvalue weighted by molar-refractivity contribution is -0.140. The average Bonchev–Trinajstić information content (AvgIpc) is 2.71. The first-order valence-corrected chi connectivity index (χ1v) is 10.8. The number of carboxylic acids is 3. The van der Waals surface area contributed by atoms with E-state index in [9.17, 15) is 19.2 Å². The summed E-state index contributed by atoms with van der Waals surface area (Å²) in [6.07, 6.45) is 0.767. The Morgan fingerprint density at radius 3 is 1.06 bits per heavy atom. The molecule has 1 saturated heterocycles. The molecule has 4 N–H and O–H groups in total. The quantitative estimate of drug-likeness (QED) is 0.310. The van der Waals surface area contributed by atoms with Crippen LogP contribution < -0.4 is 5.32 Å². The van der Waals surface area contributed by atoms with Gasteiger partial charge in [-0.2, -0.15) is 0 Å². The third-order valence-electron chi connectivity index (χ3n) is 4.34. The number of nitrogens with one attached hydrogen (secondary N) is 1. The summed E-state index contributed by atoms with van der Waals surface area (Å²) in [7, 11) is 3.75. The maximum Gasteiger partial charge on any atom is 0.317 e. The van der Waals surface area contributed by atoms with E-state index in [1.165, 1.54) is 0 Å². The van der Waals surface area contributed by atoms with Gasteiger partial charge in [-0.1, -0.05) is 13.8 Å². The maximum atomic E-state index is 11.1. The second-order valence-electron chi connectivity index (χ2n) is 6.98. The number of carboxylic acid groups (broad SMARTS) is 3. The molecule has 0 atom stereocenters. The van der Waals surface area contributed by atoms with E-state index in [2.05, 4.69) is 5.32 Å². The first kappa shape index (κ1) is 32.1. The van der Waals surface area contributed by atoms with Crippen LogP contribution in [0.15, 0.2) is 0 Å². The molecule has 12 heteroatoms. The molecule has 0 amide bonds. The van der Waals surface area contributed by atoms with Gasteiger partial charge in [-0.25, -0.2) is 0 Å². The van der Waals surface area contributed by atoms with Crippen molar-refractivity contribution in [2.24, 2.45) is 0 Å². The molecule has 0 aliphatic carbocycles. The number of carbonyl (C=O) groups is 4. The van der Waals surface area contributed by atoms with E-state index in [4.69, 9.17) is 15.3 Å². The molecule has 0 bridgehead atoms. The van der Waals surface area contributed by atoms with Crippen molar-refractivity contribution in [2.75, 3.05) is 92.6 Å². The lowest BCUT2D eigenvalue weighted by atomic mass is 10.3. The van der Waals surface area contributed by atoms with Crippen LogP contribution in [0.1, 0.15) is 13.8 Å². The molecule has 1 rings (SSSR count). The van der Waals surface area contributed by atoms with Gasteiger partial charge in [-0.3, -0.25) is 34.0 Å². The summed E-state index contributed by atoms with van der Waals surface area (Å²) in [5.41, 5.74) is 0. The van der Waals surface area contributed by atoms with Crippen LogP contribution in [0.5, 0.6) is 0 Å². The van der Waals surface area contributed by atoms with Crippen LogP contribution in [0.25, 0.3) is 0 Å². The van der Waals surface area contributed by atoms with Crippen molar-refractivity contribution in [3.05, 3.63) is 0 Å². The molecule has 0 spiro atoms. The number of aliphatic carboxylic acids is 3. The topological polar surface area (TPSA) is 154 Å². The first-order valence-electron chi connectivity index (χ1n) is 10.8. The Kier molecular flexibility index (Phi) is 20.8. The fourth-order valence-corrected chi connectivity index (χ4v) is 2.91. The average molecular weight is 464 g/mol. The van der Waals surface area contributed by atoms with Crippen molar-refractivity contribution in [3.8, 4) is 0 Å². The van der Waals surface area contributed by atoms with E-state index < -0.39 is 17.9 Å². The molecule has 1 heterocycles. The van der Waals surface area contributed by atoms with Gasteiger partial charge >= 0.3 is 17.9 Å². The third-order valence-corrected chi connectivity index (χ3v) is 4.34. The second-order valence-corrected chi connectivity index (χ2v) is 6.98. The van der Waals surface area contributed by atoms with Crippen LogP contribution in [0.2, 0.25) is 0 Å². The molecule has 0 radical (unpaired) electrons. The van der Waals surface area contributed by atoms with Crippen LogP contribution in [-0.2, 0) is 19.2 Å². The van der Waals surface area contributed by atoms with E-state index in [0.717, 1.165) is 6.29 Å².